The van der Waals surface area contributed by atoms with Crippen LogP contribution in [0, 0.1) is 17.2 Å². The van der Waals surface area contributed by atoms with E-state index < -0.39 is 35.3 Å². The molecule has 2 N–H and O–H groups in total. The first-order valence-corrected chi connectivity index (χ1v) is 12.0. The average Bonchev–Trinajstić information content (AvgIpc) is 3.09. The van der Waals surface area contributed by atoms with Gasteiger partial charge in [0.1, 0.15) is 6.04 Å². The standard InChI is InChI=1S/C25H28N4O5/c26-14-15-1-4-17(5-2-15)28-11-9-25(34,10-12-28)16-3-6-18-19(13-16)24(33)29(23(18)32)20-7-8-21(30)27-22(20)31/h3,6,13,15,17,20,34H,1-2,4-5,7-12H2,(H,27,30,31). The Balaban J connectivity index is 1.29. The van der Waals surface area contributed by atoms with Crippen LogP contribution in [0.25, 0.3) is 0 Å². The number of rotatable bonds is 3. The molecule has 178 valence electrons. The lowest BCUT2D eigenvalue weighted by Gasteiger charge is -2.43. The Morgan fingerprint density at radius 3 is 2.29 bits per heavy atom. The molecule has 1 aromatic carbocycles. The maximum atomic E-state index is 13.1. The Morgan fingerprint density at radius 1 is 0.971 bits per heavy atom. The van der Waals surface area contributed by atoms with E-state index in [0.717, 1.165) is 43.7 Å². The van der Waals surface area contributed by atoms with Crippen LogP contribution in [0.1, 0.15) is 77.6 Å². The topological polar surface area (TPSA) is 131 Å². The van der Waals surface area contributed by atoms with Crippen LogP contribution in [-0.4, -0.2) is 63.7 Å². The summed E-state index contributed by atoms with van der Waals surface area (Å²) < 4.78 is 0. The quantitative estimate of drug-likeness (QED) is 0.648. The van der Waals surface area contributed by atoms with Crippen molar-refractivity contribution in [1.82, 2.24) is 15.1 Å². The van der Waals surface area contributed by atoms with Gasteiger partial charge in [-0.2, -0.15) is 5.26 Å². The summed E-state index contributed by atoms with van der Waals surface area (Å²) >= 11 is 0. The minimum Gasteiger partial charge on any atom is -0.385 e. The molecule has 0 aromatic heterocycles. The van der Waals surface area contributed by atoms with Crippen molar-refractivity contribution in [3.8, 4) is 6.07 Å². The normalized spacial score (nSPS) is 29.5. The number of nitrogens with one attached hydrogen (secondary N) is 1. The highest BCUT2D eigenvalue weighted by Gasteiger charge is 2.46. The van der Waals surface area contributed by atoms with Crippen molar-refractivity contribution in [1.29, 1.82) is 5.26 Å². The number of nitrogens with zero attached hydrogens (tertiary/aromatic N) is 3. The summed E-state index contributed by atoms with van der Waals surface area (Å²) in [6.45, 7) is 1.45. The lowest BCUT2D eigenvalue weighted by Crippen LogP contribution is -2.54. The van der Waals surface area contributed by atoms with Gasteiger partial charge in [0.05, 0.1) is 22.8 Å². The molecule has 1 saturated carbocycles. The number of amides is 4. The van der Waals surface area contributed by atoms with Crippen molar-refractivity contribution in [2.45, 2.75) is 69.1 Å². The number of nitriles is 1. The van der Waals surface area contributed by atoms with Crippen LogP contribution in [0.5, 0.6) is 0 Å². The number of imide groups is 2. The summed E-state index contributed by atoms with van der Waals surface area (Å²) in [5, 5.41) is 22.7. The zero-order valence-corrected chi connectivity index (χ0v) is 19.0. The van der Waals surface area contributed by atoms with Gasteiger partial charge in [-0.25, -0.2) is 0 Å². The molecule has 9 heteroatoms. The van der Waals surface area contributed by atoms with Crippen molar-refractivity contribution >= 4 is 23.6 Å². The van der Waals surface area contributed by atoms with Gasteiger partial charge >= 0.3 is 0 Å². The van der Waals surface area contributed by atoms with E-state index in [0.29, 0.717) is 24.4 Å². The zero-order chi connectivity index (χ0) is 24.0. The molecule has 4 amide bonds. The Hall–Kier alpha value is -3.09. The summed E-state index contributed by atoms with van der Waals surface area (Å²) in [5.41, 5.74) is -0.0854. The van der Waals surface area contributed by atoms with Gasteiger partial charge in [0.15, 0.2) is 0 Å². The van der Waals surface area contributed by atoms with Crippen LogP contribution >= 0.6 is 0 Å². The molecule has 3 fully saturated rings. The van der Waals surface area contributed by atoms with E-state index >= 15 is 0 Å². The predicted octanol–water partition coefficient (Wildman–Crippen LogP) is 1.45. The summed E-state index contributed by atoms with van der Waals surface area (Å²) in [4.78, 5) is 53.1. The lowest BCUT2D eigenvalue weighted by molar-refractivity contribution is -0.136. The van der Waals surface area contributed by atoms with Gasteiger partial charge in [0.25, 0.3) is 11.8 Å². The molecule has 1 aromatic rings. The van der Waals surface area contributed by atoms with E-state index in [9.17, 15) is 24.3 Å². The predicted molar refractivity (Wildman–Crippen MR) is 119 cm³/mol. The maximum Gasteiger partial charge on any atom is 0.262 e. The maximum absolute atomic E-state index is 13.1. The van der Waals surface area contributed by atoms with E-state index in [-0.39, 0.29) is 29.9 Å². The van der Waals surface area contributed by atoms with E-state index in [2.05, 4.69) is 16.3 Å². The molecule has 5 rings (SSSR count). The monoisotopic (exact) mass is 464 g/mol. The highest BCUT2D eigenvalue weighted by atomic mass is 16.3. The Morgan fingerprint density at radius 2 is 1.65 bits per heavy atom. The first kappa shape index (κ1) is 22.7. The Kier molecular flexibility index (Phi) is 5.74. The van der Waals surface area contributed by atoms with Crippen LogP contribution in [0.2, 0.25) is 0 Å². The van der Waals surface area contributed by atoms with Crippen molar-refractivity contribution in [3.63, 3.8) is 0 Å². The lowest BCUT2D eigenvalue weighted by atomic mass is 9.81. The van der Waals surface area contributed by atoms with Crippen LogP contribution in [0.3, 0.4) is 0 Å². The van der Waals surface area contributed by atoms with Crippen LogP contribution < -0.4 is 5.32 Å². The van der Waals surface area contributed by atoms with Crippen LogP contribution in [0.15, 0.2) is 18.2 Å². The molecule has 0 bridgehead atoms. The Bertz CT molecular complexity index is 1090. The van der Waals surface area contributed by atoms with E-state index in [1.807, 2.05) is 0 Å². The summed E-state index contributed by atoms with van der Waals surface area (Å²) in [5.74, 6) is -2.00. The molecule has 3 heterocycles. The first-order chi connectivity index (χ1) is 16.3. The molecule has 1 unspecified atom stereocenters. The van der Waals surface area contributed by atoms with Gasteiger partial charge < -0.3 is 10.0 Å². The largest absolute Gasteiger partial charge is 0.385 e. The fourth-order valence-electron chi connectivity index (χ4n) is 5.88. The number of likely N-dealkylation sites (tertiary alicyclic amines) is 1. The number of piperidine rings is 2. The zero-order valence-electron chi connectivity index (χ0n) is 19.0. The number of carbonyl (C=O) groups excluding carboxylic acids is 4. The summed E-state index contributed by atoms with van der Waals surface area (Å²) in [6, 6.07) is 6.66. The van der Waals surface area contributed by atoms with Crippen molar-refractivity contribution in [2.75, 3.05) is 13.1 Å². The molecule has 9 nitrogen and oxygen atoms in total. The highest BCUT2D eigenvalue weighted by Crippen LogP contribution is 2.38. The summed E-state index contributed by atoms with van der Waals surface area (Å²) in [7, 11) is 0. The summed E-state index contributed by atoms with van der Waals surface area (Å²) in [6.07, 6.45) is 5.07. The molecule has 34 heavy (non-hydrogen) atoms. The van der Waals surface area contributed by atoms with Gasteiger partial charge in [-0.05, 0) is 62.6 Å². The molecule has 3 aliphatic heterocycles. The number of hydrogen-bond donors (Lipinski definition) is 2. The fourth-order valence-corrected chi connectivity index (χ4v) is 5.88. The molecule has 4 aliphatic rings. The third-order valence-electron chi connectivity index (χ3n) is 8.00. The molecule has 1 aliphatic carbocycles. The smallest absolute Gasteiger partial charge is 0.262 e. The van der Waals surface area contributed by atoms with Gasteiger partial charge in [0.2, 0.25) is 11.8 Å². The van der Waals surface area contributed by atoms with E-state index in [1.54, 1.807) is 18.2 Å². The van der Waals surface area contributed by atoms with Crippen molar-refractivity contribution in [3.05, 3.63) is 34.9 Å². The average molecular weight is 465 g/mol. The molecule has 1 atom stereocenters. The number of benzene rings is 1. The highest BCUT2D eigenvalue weighted by molar-refractivity contribution is 6.23. The van der Waals surface area contributed by atoms with E-state index in [4.69, 9.17) is 5.26 Å². The molecular weight excluding hydrogens is 436 g/mol. The number of carbonyl (C=O) groups is 4. The molecule has 0 radical (unpaired) electrons. The van der Waals surface area contributed by atoms with Crippen LogP contribution in [-0.2, 0) is 15.2 Å². The fraction of sp³-hybridized carbons (Fsp3) is 0.560. The second-order valence-electron chi connectivity index (χ2n) is 9.91. The first-order valence-electron chi connectivity index (χ1n) is 12.0. The van der Waals surface area contributed by atoms with Gasteiger partial charge in [-0.15, -0.1) is 0 Å². The minimum absolute atomic E-state index is 0.0729. The third kappa shape index (κ3) is 3.81. The van der Waals surface area contributed by atoms with Crippen molar-refractivity contribution in [2.24, 2.45) is 5.92 Å². The molecular formula is C25H28N4O5. The van der Waals surface area contributed by atoms with Crippen molar-refractivity contribution < 1.29 is 24.3 Å². The van der Waals surface area contributed by atoms with Gasteiger partial charge in [0, 0.05) is 31.5 Å². The molecule has 2 saturated heterocycles. The SMILES string of the molecule is N#CC1CCC(N2CCC(O)(c3ccc4c(c3)C(=O)N(C3CCC(=O)NC3=O)C4=O)CC2)CC1. The number of hydrogen-bond acceptors (Lipinski definition) is 7. The Labute approximate surface area is 197 Å². The van der Waals surface area contributed by atoms with Crippen LogP contribution in [0.4, 0.5) is 0 Å². The minimum atomic E-state index is -1.10. The van der Waals surface area contributed by atoms with Gasteiger partial charge in [-0.1, -0.05) is 6.07 Å². The number of fused-ring (bicyclic) bond motifs is 1. The second-order valence-corrected chi connectivity index (χ2v) is 9.91. The van der Waals surface area contributed by atoms with Gasteiger partial charge in [-0.3, -0.25) is 29.4 Å². The second kappa shape index (κ2) is 8.60. The molecule has 0 spiro atoms. The number of aliphatic hydroxyl groups is 1. The third-order valence-corrected chi connectivity index (χ3v) is 8.00. The van der Waals surface area contributed by atoms with E-state index in [1.165, 1.54) is 0 Å².